The van der Waals surface area contributed by atoms with E-state index in [0.29, 0.717) is 16.9 Å². The molecule has 0 atom stereocenters. The number of aliphatic carboxylic acids is 1. The summed E-state index contributed by atoms with van der Waals surface area (Å²) in [5, 5.41) is 8.63. The van der Waals surface area contributed by atoms with Crippen LogP contribution in [0.25, 0.3) is 6.08 Å². The van der Waals surface area contributed by atoms with Crippen molar-refractivity contribution in [3.63, 3.8) is 0 Å². The van der Waals surface area contributed by atoms with Crippen LogP contribution in [-0.4, -0.2) is 11.1 Å². The molecule has 0 aromatic heterocycles. The fraction of sp³-hybridized carbons (Fsp3) is 0.118. The Morgan fingerprint density at radius 2 is 1.90 bits per heavy atom. The molecule has 4 heteroatoms. The molecule has 0 bridgehead atoms. The monoisotopic (exact) mass is 286 g/mol. The highest BCUT2D eigenvalue weighted by atomic mass is 19.1. The molecule has 0 amide bonds. The van der Waals surface area contributed by atoms with Gasteiger partial charge in [-0.25, -0.2) is 9.18 Å². The molecule has 2 aromatic rings. The third-order valence-electron chi connectivity index (χ3n) is 3.01. The van der Waals surface area contributed by atoms with Crippen LogP contribution in [0.3, 0.4) is 0 Å². The topological polar surface area (TPSA) is 46.5 Å². The molecule has 21 heavy (non-hydrogen) atoms. The maximum absolute atomic E-state index is 14.0. The quantitative estimate of drug-likeness (QED) is 0.851. The van der Waals surface area contributed by atoms with Gasteiger partial charge in [0, 0.05) is 6.08 Å². The fourth-order valence-corrected chi connectivity index (χ4v) is 1.82. The van der Waals surface area contributed by atoms with E-state index < -0.39 is 11.8 Å². The minimum Gasteiger partial charge on any atom is -0.478 e. The second kappa shape index (κ2) is 6.22. The molecule has 0 spiro atoms. The van der Waals surface area contributed by atoms with E-state index in [1.165, 1.54) is 6.08 Å². The van der Waals surface area contributed by atoms with Crippen molar-refractivity contribution < 1.29 is 19.0 Å². The van der Waals surface area contributed by atoms with Crippen LogP contribution in [-0.2, 0) is 4.79 Å². The molecule has 0 saturated heterocycles. The highest BCUT2D eigenvalue weighted by Gasteiger charge is 2.09. The predicted octanol–water partition coefficient (Wildman–Crippen LogP) is 4.33. The first-order chi connectivity index (χ1) is 9.97. The lowest BCUT2D eigenvalue weighted by Crippen LogP contribution is -1.93. The molecule has 108 valence electrons. The Hall–Kier alpha value is -2.62. The smallest absolute Gasteiger partial charge is 0.328 e. The van der Waals surface area contributed by atoms with Crippen LogP contribution < -0.4 is 4.74 Å². The number of carboxylic acid groups (broad SMARTS) is 1. The maximum Gasteiger partial charge on any atom is 0.328 e. The summed E-state index contributed by atoms with van der Waals surface area (Å²) < 4.78 is 19.6. The molecule has 0 aliphatic heterocycles. The van der Waals surface area contributed by atoms with Gasteiger partial charge in [-0.05, 0) is 48.7 Å². The summed E-state index contributed by atoms with van der Waals surface area (Å²) in [5.74, 6) is -0.782. The van der Waals surface area contributed by atoms with Crippen LogP contribution in [0.2, 0.25) is 0 Å². The van der Waals surface area contributed by atoms with Crippen molar-refractivity contribution in [2.24, 2.45) is 0 Å². The fourth-order valence-electron chi connectivity index (χ4n) is 1.82. The predicted molar refractivity (Wildman–Crippen MR) is 79.1 cm³/mol. The molecule has 3 nitrogen and oxygen atoms in total. The number of rotatable bonds is 4. The third kappa shape index (κ3) is 3.69. The van der Waals surface area contributed by atoms with Crippen LogP contribution in [0.5, 0.6) is 11.5 Å². The minimum atomic E-state index is -1.03. The number of carboxylic acids is 1. The Bertz CT molecular complexity index is 705. The first kappa shape index (κ1) is 14.8. The van der Waals surface area contributed by atoms with Gasteiger partial charge in [0.1, 0.15) is 5.75 Å². The molecule has 0 aliphatic rings. The summed E-state index contributed by atoms with van der Waals surface area (Å²) >= 11 is 0. The molecule has 0 aliphatic carbocycles. The van der Waals surface area contributed by atoms with Crippen molar-refractivity contribution in [1.82, 2.24) is 0 Å². The molecule has 2 aromatic carbocycles. The van der Waals surface area contributed by atoms with E-state index in [1.807, 2.05) is 6.92 Å². The average molecular weight is 286 g/mol. The lowest BCUT2D eigenvalue weighted by Gasteiger charge is -2.11. The first-order valence-corrected chi connectivity index (χ1v) is 6.42. The number of hydrogen-bond donors (Lipinski definition) is 1. The van der Waals surface area contributed by atoms with Gasteiger partial charge < -0.3 is 9.84 Å². The molecule has 0 heterocycles. The van der Waals surface area contributed by atoms with Gasteiger partial charge in [0.2, 0.25) is 0 Å². The molecule has 0 unspecified atom stereocenters. The summed E-state index contributed by atoms with van der Waals surface area (Å²) in [4.78, 5) is 10.5. The Morgan fingerprint density at radius 3 is 2.62 bits per heavy atom. The number of ether oxygens (including phenoxy) is 1. The Kier molecular flexibility index (Phi) is 4.38. The number of hydrogen-bond acceptors (Lipinski definition) is 2. The molecule has 0 fully saturated rings. The summed E-state index contributed by atoms with van der Waals surface area (Å²) in [6.07, 6.45) is 2.50. The van der Waals surface area contributed by atoms with Gasteiger partial charge in [-0.2, -0.15) is 0 Å². The van der Waals surface area contributed by atoms with Gasteiger partial charge >= 0.3 is 5.97 Å². The van der Waals surface area contributed by atoms with Crippen molar-refractivity contribution in [2.45, 2.75) is 13.8 Å². The lowest BCUT2D eigenvalue weighted by atomic mass is 10.1. The van der Waals surface area contributed by atoms with Crippen LogP contribution in [0.1, 0.15) is 16.7 Å². The standard InChI is InChI=1S/C17H15FO3/c1-11-6-7-13(8-9-16(19)20)10-15(11)21-14-5-3-4-12(2)17(14)18/h3-10H,1-2H3,(H,19,20)/b9-8+. The molecular weight excluding hydrogens is 271 g/mol. The second-order valence-electron chi connectivity index (χ2n) is 4.69. The molecular formula is C17H15FO3. The zero-order valence-corrected chi connectivity index (χ0v) is 11.8. The van der Waals surface area contributed by atoms with Crippen molar-refractivity contribution in [1.29, 1.82) is 0 Å². The highest BCUT2D eigenvalue weighted by molar-refractivity contribution is 5.85. The third-order valence-corrected chi connectivity index (χ3v) is 3.01. The zero-order valence-electron chi connectivity index (χ0n) is 11.8. The first-order valence-electron chi connectivity index (χ1n) is 6.42. The normalized spacial score (nSPS) is 10.8. The van der Waals surface area contributed by atoms with Gasteiger partial charge in [-0.3, -0.25) is 0 Å². The van der Waals surface area contributed by atoms with Crippen LogP contribution in [0, 0.1) is 19.7 Å². The van der Waals surface area contributed by atoms with E-state index in [9.17, 15) is 9.18 Å². The Balaban J connectivity index is 2.33. The molecule has 1 N–H and O–H groups in total. The van der Waals surface area contributed by atoms with Crippen LogP contribution in [0.15, 0.2) is 42.5 Å². The van der Waals surface area contributed by atoms with Crippen molar-refractivity contribution in [3.05, 3.63) is 65.0 Å². The van der Waals surface area contributed by atoms with E-state index in [-0.39, 0.29) is 5.75 Å². The number of halogens is 1. The summed E-state index contributed by atoms with van der Waals surface area (Å²) in [5.41, 5.74) is 2.02. The largest absolute Gasteiger partial charge is 0.478 e. The van der Waals surface area contributed by atoms with E-state index in [4.69, 9.17) is 9.84 Å². The van der Waals surface area contributed by atoms with Crippen LogP contribution in [0.4, 0.5) is 4.39 Å². The Morgan fingerprint density at radius 1 is 1.14 bits per heavy atom. The molecule has 2 rings (SSSR count). The Labute approximate surface area is 122 Å². The summed E-state index contributed by atoms with van der Waals surface area (Å²) in [7, 11) is 0. The number of aryl methyl sites for hydroxylation is 2. The van der Waals surface area contributed by atoms with Crippen molar-refractivity contribution in [3.8, 4) is 11.5 Å². The van der Waals surface area contributed by atoms with E-state index in [2.05, 4.69) is 0 Å². The summed E-state index contributed by atoms with van der Waals surface area (Å²) in [6.45, 7) is 3.51. The van der Waals surface area contributed by atoms with Gasteiger partial charge in [0.15, 0.2) is 11.6 Å². The van der Waals surface area contributed by atoms with E-state index in [0.717, 1.165) is 11.6 Å². The van der Waals surface area contributed by atoms with Crippen molar-refractivity contribution >= 4 is 12.0 Å². The van der Waals surface area contributed by atoms with Crippen LogP contribution >= 0.6 is 0 Å². The highest BCUT2D eigenvalue weighted by Crippen LogP contribution is 2.29. The van der Waals surface area contributed by atoms with E-state index >= 15 is 0 Å². The zero-order chi connectivity index (χ0) is 15.4. The molecule has 0 saturated carbocycles. The van der Waals surface area contributed by atoms with E-state index in [1.54, 1.807) is 43.3 Å². The lowest BCUT2D eigenvalue weighted by molar-refractivity contribution is -0.131. The maximum atomic E-state index is 14.0. The van der Waals surface area contributed by atoms with Gasteiger partial charge in [-0.15, -0.1) is 0 Å². The average Bonchev–Trinajstić information content (AvgIpc) is 2.44. The number of carbonyl (C=O) groups is 1. The van der Waals surface area contributed by atoms with Gasteiger partial charge in [0.25, 0.3) is 0 Å². The van der Waals surface area contributed by atoms with Crippen molar-refractivity contribution in [2.75, 3.05) is 0 Å². The summed E-state index contributed by atoms with van der Waals surface area (Å²) in [6, 6.07) is 10.2. The van der Waals surface area contributed by atoms with Gasteiger partial charge in [0.05, 0.1) is 0 Å². The minimum absolute atomic E-state index is 0.150. The van der Waals surface area contributed by atoms with Gasteiger partial charge in [-0.1, -0.05) is 24.3 Å². The molecule has 0 radical (unpaired) electrons. The SMILES string of the molecule is Cc1ccc(/C=C/C(=O)O)cc1Oc1cccc(C)c1F. The number of benzene rings is 2. The second-order valence-corrected chi connectivity index (χ2v) is 4.69.